The van der Waals surface area contributed by atoms with E-state index in [2.05, 4.69) is 17.1 Å². The largest absolute Gasteiger partial charge is 0.490 e. The third kappa shape index (κ3) is 6.23. The third-order valence-corrected chi connectivity index (χ3v) is 5.60. The summed E-state index contributed by atoms with van der Waals surface area (Å²) in [7, 11) is 3.69. The number of carbonyl (C=O) groups is 3. The number of hydrogen-bond donors (Lipinski definition) is 2. The smallest absolute Gasteiger partial charge is 0.475 e. The summed E-state index contributed by atoms with van der Waals surface area (Å²) in [4.78, 5) is 40.2. The number of aliphatic carboxylic acids is 1. The summed E-state index contributed by atoms with van der Waals surface area (Å²) >= 11 is 0. The highest BCUT2D eigenvalue weighted by atomic mass is 19.4. The first-order valence-corrected chi connectivity index (χ1v) is 10.1. The molecule has 2 saturated heterocycles. The lowest BCUT2D eigenvalue weighted by molar-refractivity contribution is -0.192. The summed E-state index contributed by atoms with van der Waals surface area (Å²) in [6.45, 7) is 9.43. The molecular weight excluding hydrogens is 405 g/mol. The van der Waals surface area contributed by atoms with Gasteiger partial charge in [-0.25, -0.2) is 9.59 Å². The summed E-state index contributed by atoms with van der Waals surface area (Å²) < 4.78 is 31.7. The molecule has 2 rings (SSSR count). The number of amides is 3. The summed E-state index contributed by atoms with van der Waals surface area (Å²) in [6.07, 6.45) is -2.54. The van der Waals surface area contributed by atoms with E-state index in [-0.39, 0.29) is 29.4 Å². The fraction of sp³-hybridized carbons (Fsp3) is 0.842. The van der Waals surface area contributed by atoms with E-state index in [1.54, 1.807) is 4.90 Å². The third-order valence-electron chi connectivity index (χ3n) is 5.60. The maximum absolute atomic E-state index is 13.0. The van der Waals surface area contributed by atoms with Crippen LogP contribution in [0.25, 0.3) is 0 Å². The predicted molar refractivity (Wildman–Crippen MR) is 105 cm³/mol. The minimum atomic E-state index is -5.08. The number of carbonyl (C=O) groups excluding carboxylic acids is 2. The van der Waals surface area contributed by atoms with E-state index in [4.69, 9.17) is 9.90 Å². The zero-order valence-electron chi connectivity index (χ0n) is 18.3. The zero-order valence-corrected chi connectivity index (χ0v) is 18.3. The number of rotatable bonds is 3. The minimum absolute atomic E-state index is 0.00419. The Kier molecular flexibility index (Phi) is 8.94. The van der Waals surface area contributed by atoms with Gasteiger partial charge in [-0.1, -0.05) is 6.92 Å². The van der Waals surface area contributed by atoms with Crippen LogP contribution >= 0.6 is 0 Å². The predicted octanol–water partition coefficient (Wildman–Crippen LogP) is 2.00. The van der Waals surface area contributed by atoms with Crippen LogP contribution in [0.1, 0.15) is 40.0 Å². The molecular formula is C19H33F3N4O4. The van der Waals surface area contributed by atoms with Crippen molar-refractivity contribution in [2.45, 2.75) is 58.3 Å². The summed E-state index contributed by atoms with van der Waals surface area (Å²) in [5.41, 5.74) is -0.327. The molecule has 3 amide bonds. The number of urea groups is 1. The Morgan fingerprint density at radius 2 is 1.70 bits per heavy atom. The van der Waals surface area contributed by atoms with Crippen molar-refractivity contribution in [2.75, 3.05) is 40.3 Å². The van der Waals surface area contributed by atoms with Gasteiger partial charge < -0.3 is 20.2 Å². The molecule has 2 atom stereocenters. The monoisotopic (exact) mass is 438 g/mol. The first-order chi connectivity index (χ1) is 13.8. The van der Waals surface area contributed by atoms with Crippen LogP contribution in [-0.2, 0) is 9.59 Å². The number of hydrogen-bond acceptors (Lipinski definition) is 4. The maximum Gasteiger partial charge on any atom is 0.490 e. The Labute approximate surface area is 175 Å². The van der Waals surface area contributed by atoms with Crippen molar-refractivity contribution in [3.8, 4) is 0 Å². The molecule has 0 spiro atoms. The number of fused-ring (bicyclic) bond motifs is 1. The van der Waals surface area contributed by atoms with Crippen LogP contribution < -0.4 is 5.32 Å². The van der Waals surface area contributed by atoms with E-state index in [0.29, 0.717) is 6.54 Å². The summed E-state index contributed by atoms with van der Waals surface area (Å²) in [5.74, 6) is -2.53. The molecule has 0 aromatic carbocycles. The molecule has 0 unspecified atom stereocenters. The molecule has 2 aliphatic heterocycles. The van der Waals surface area contributed by atoms with Gasteiger partial charge in [-0.3, -0.25) is 9.69 Å². The molecule has 0 aliphatic carbocycles. The van der Waals surface area contributed by atoms with Crippen LogP contribution in [0.2, 0.25) is 0 Å². The van der Waals surface area contributed by atoms with Crippen molar-refractivity contribution in [3.05, 3.63) is 0 Å². The normalized spacial score (nSPS) is 24.4. The van der Waals surface area contributed by atoms with Crippen molar-refractivity contribution in [1.29, 1.82) is 0 Å². The Balaban J connectivity index is 0.000000553. The van der Waals surface area contributed by atoms with Crippen LogP contribution in [0.3, 0.4) is 0 Å². The number of nitrogens with zero attached hydrogens (tertiary/aromatic N) is 3. The molecule has 2 aliphatic rings. The van der Waals surface area contributed by atoms with E-state index < -0.39 is 12.1 Å². The van der Waals surface area contributed by atoms with E-state index in [1.165, 1.54) is 0 Å². The molecule has 0 aromatic rings. The molecule has 8 nitrogen and oxygen atoms in total. The highest BCUT2D eigenvalue weighted by molar-refractivity contribution is 5.84. The molecule has 2 heterocycles. The number of likely N-dealkylation sites (tertiary alicyclic amines) is 2. The van der Waals surface area contributed by atoms with Gasteiger partial charge in [0.15, 0.2) is 0 Å². The van der Waals surface area contributed by atoms with E-state index in [9.17, 15) is 22.8 Å². The van der Waals surface area contributed by atoms with E-state index in [1.807, 2.05) is 32.8 Å². The van der Waals surface area contributed by atoms with Crippen molar-refractivity contribution in [2.24, 2.45) is 5.41 Å². The van der Waals surface area contributed by atoms with Gasteiger partial charge >= 0.3 is 18.2 Å². The zero-order chi connectivity index (χ0) is 23.3. The van der Waals surface area contributed by atoms with Gasteiger partial charge in [0.2, 0.25) is 5.91 Å². The highest BCUT2D eigenvalue weighted by Gasteiger charge is 2.53. The van der Waals surface area contributed by atoms with Gasteiger partial charge in [-0.2, -0.15) is 13.2 Å². The number of nitrogens with one attached hydrogen (secondary N) is 1. The summed E-state index contributed by atoms with van der Waals surface area (Å²) in [5, 5.41) is 10.1. The molecule has 0 aromatic heterocycles. The quantitative estimate of drug-likeness (QED) is 0.703. The van der Waals surface area contributed by atoms with Crippen molar-refractivity contribution >= 4 is 17.9 Å². The summed E-state index contributed by atoms with van der Waals surface area (Å²) in [6, 6.07) is 0.379. The second kappa shape index (κ2) is 10.3. The van der Waals surface area contributed by atoms with Crippen molar-refractivity contribution in [1.82, 2.24) is 20.0 Å². The van der Waals surface area contributed by atoms with Crippen molar-refractivity contribution < 1.29 is 32.7 Å². The Hall–Kier alpha value is -2.04. The average Bonchev–Trinajstić information content (AvgIpc) is 2.87. The first kappa shape index (κ1) is 26.0. The number of carboxylic acid groups (broad SMARTS) is 1. The van der Waals surface area contributed by atoms with Gasteiger partial charge in [0.05, 0.1) is 5.41 Å². The lowest BCUT2D eigenvalue weighted by atomic mass is 9.75. The van der Waals surface area contributed by atoms with E-state index in [0.717, 1.165) is 38.9 Å². The van der Waals surface area contributed by atoms with Crippen LogP contribution in [-0.4, -0.2) is 96.2 Å². The fourth-order valence-corrected chi connectivity index (χ4v) is 4.21. The molecule has 0 saturated carbocycles. The Morgan fingerprint density at radius 3 is 2.13 bits per heavy atom. The first-order valence-electron chi connectivity index (χ1n) is 10.1. The second-order valence-electron chi connectivity index (χ2n) is 8.18. The van der Waals surface area contributed by atoms with Crippen molar-refractivity contribution in [3.63, 3.8) is 0 Å². The average molecular weight is 438 g/mol. The molecule has 11 heteroatoms. The molecule has 2 fully saturated rings. The van der Waals surface area contributed by atoms with E-state index >= 15 is 0 Å². The van der Waals surface area contributed by atoms with Gasteiger partial charge in [0.25, 0.3) is 0 Å². The molecule has 0 bridgehead atoms. The highest BCUT2D eigenvalue weighted by Crippen LogP contribution is 2.44. The van der Waals surface area contributed by atoms with Gasteiger partial charge in [-0.15, -0.1) is 0 Å². The fourth-order valence-electron chi connectivity index (χ4n) is 4.21. The van der Waals surface area contributed by atoms with Gasteiger partial charge in [0, 0.05) is 39.3 Å². The lowest BCUT2D eigenvalue weighted by Crippen LogP contribution is -2.49. The maximum atomic E-state index is 13.0. The topological polar surface area (TPSA) is 93.2 Å². The molecule has 30 heavy (non-hydrogen) atoms. The molecule has 0 radical (unpaired) electrons. The van der Waals surface area contributed by atoms with Crippen LogP contribution in [0.5, 0.6) is 0 Å². The second-order valence-corrected chi connectivity index (χ2v) is 8.18. The molecule has 2 N–H and O–H groups in total. The van der Waals surface area contributed by atoms with Crippen LogP contribution in [0.4, 0.5) is 18.0 Å². The number of halogens is 3. The SMILES string of the molecule is CCN1CC[C@@]2(C(=O)N(C)C)CCN(C(=O)NC(C)C)CC[C@@H]12.O=C(O)C(F)(F)F. The Bertz CT molecular complexity index is 627. The number of carboxylic acids is 1. The van der Waals surface area contributed by atoms with Gasteiger partial charge in [-0.05, 0) is 46.2 Å². The molecule has 174 valence electrons. The minimum Gasteiger partial charge on any atom is -0.475 e. The van der Waals surface area contributed by atoms with Gasteiger partial charge in [0.1, 0.15) is 0 Å². The van der Waals surface area contributed by atoms with Crippen LogP contribution in [0.15, 0.2) is 0 Å². The lowest BCUT2D eigenvalue weighted by Gasteiger charge is -2.37. The standard InChI is InChI=1S/C17H32N4O2.C2HF3O2/c1-6-20-11-8-17(15(22)19(4)5)9-12-21(10-7-14(17)20)16(23)18-13(2)3;3-2(4,5)1(6)7/h13-14H,6-12H2,1-5H3,(H,18,23);(H,6,7)/t14-,17-;/m1./s1. The van der Waals surface area contributed by atoms with Crippen LogP contribution in [0, 0.1) is 5.41 Å². The Morgan fingerprint density at radius 1 is 1.17 bits per heavy atom. The number of alkyl halides is 3.